The van der Waals surface area contributed by atoms with Crippen LogP contribution in [0.15, 0.2) is 47.8 Å². The largest absolute Gasteiger partial charge is 0.454 e. The second-order valence-electron chi connectivity index (χ2n) is 5.78. The smallest absolute Gasteiger partial charge is 0.277 e. The van der Waals surface area contributed by atoms with E-state index in [0.29, 0.717) is 23.0 Å². The first-order valence-electron chi connectivity index (χ1n) is 8.30. The maximum Gasteiger partial charge on any atom is 0.277 e. The molecule has 0 spiro atoms. The molecule has 3 aromatic rings. The van der Waals surface area contributed by atoms with Gasteiger partial charge < -0.3 is 25.4 Å². The quantitative estimate of drug-likeness (QED) is 0.549. The van der Waals surface area contributed by atoms with Crippen LogP contribution in [0, 0.1) is 0 Å². The number of thiocarbonyl (C=S) groups is 1. The molecule has 4 rings (SSSR count). The predicted molar refractivity (Wildman–Crippen MR) is 110 cm³/mol. The number of carbonyl (C=O) groups excluding carboxylic acids is 1. The number of nitrogens with zero attached hydrogens (tertiary/aromatic N) is 2. The molecule has 8 nitrogen and oxygen atoms in total. The van der Waals surface area contributed by atoms with Crippen LogP contribution in [-0.2, 0) is 6.54 Å². The van der Waals surface area contributed by atoms with Crippen molar-refractivity contribution in [2.45, 2.75) is 6.54 Å². The molecule has 142 valence electrons. The number of hydrogen-bond acceptors (Lipinski definition) is 7. The van der Waals surface area contributed by atoms with Crippen molar-refractivity contribution in [1.29, 1.82) is 0 Å². The molecule has 0 atom stereocenters. The van der Waals surface area contributed by atoms with Gasteiger partial charge in [-0.2, -0.15) is 0 Å². The summed E-state index contributed by atoms with van der Waals surface area (Å²) in [7, 11) is 0. The first kappa shape index (κ1) is 18.1. The molecule has 1 amide bonds. The van der Waals surface area contributed by atoms with E-state index in [0.717, 1.165) is 34.3 Å². The van der Waals surface area contributed by atoms with Crippen molar-refractivity contribution >= 4 is 46.1 Å². The van der Waals surface area contributed by atoms with Crippen LogP contribution in [-0.4, -0.2) is 27.4 Å². The number of benzene rings is 2. The molecule has 0 aliphatic carbocycles. The lowest BCUT2D eigenvalue weighted by molar-refractivity contribution is 0.102. The van der Waals surface area contributed by atoms with E-state index >= 15 is 0 Å². The summed E-state index contributed by atoms with van der Waals surface area (Å²) in [4.78, 5) is 12.0. The minimum absolute atomic E-state index is 0.233. The van der Waals surface area contributed by atoms with Gasteiger partial charge in [-0.05, 0) is 54.1 Å². The van der Waals surface area contributed by atoms with E-state index in [4.69, 9.17) is 21.7 Å². The van der Waals surface area contributed by atoms with Gasteiger partial charge in [-0.3, -0.25) is 4.79 Å². The SMILES string of the molecule is O=C(Nc1ccc(NC(=S)NCc2cccc3c2OCO3)cc1)c1csnn1. The average molecular weight is 413 g/mol. The van der Waals surface area contributed by atoms with E-state index in [2.05, 4.69) is 25.5 Å². The third kappa shape index (κ3) is 4.18. The molecule has 0 radical (unpaired) electrons. The van der Waals surface area contributed by atoms with Gasteiger partial charge in [-0.15, -0.1) is 5.10 Å². The highest BCUT2D eigenvalue weighted by atomic mass is 32.1. The summed E-state index contributed by atoms with van der Waals surface area (Å²) in [5.41, 5.74) is 2.70. The molecule has 1 aliphatic heterocycles. The zero-order chi connectivity index (χ0) is 19.3. The molecule has 0 fully saturated rings. The number of anilines is 2. The third-order valence-corrected chi connectivity index (χ3v) is 4.66. The Hall–Kier alpha value is -3.24. The standard InChI is InChI=1S/C18H15N5O3S2/c24-17(14-9-28-23-22-14)20-12-4-6-13(7-5-12)21-18(27)19-8-11-2-1-3-15-16(11)26-10-25-15/h1-7,9H,8,10H2,(H,20,24)(H2,19,21,27). The number of hydrogen-bond donors (Lipinski definition) is 3. The summed E-state index contributed by atoms with van der Waals surface area (Å²) < 4.78 is 14.5. The molecule has 28 heavy (non-hydrogen) atoms. The van der Waals surface area contributed by atoms with Crippen LogP contribution in [0.2, 0.25) is 0 Å². The highest BCUT2D eigenvalue weighted by Crippen LogP contribution is 2.35. The topological polar surface area (TPSA) is 97.4 Å². The number of para-hydroxylation sites is 1. The fourth-order valence-corrected chi connectivity index (χ4v) is 3.20. The highest BCUT2D eigenvalue weighted by molar-refractivity contribution is 7.80. The number of amides is 1. The second kappa shape index (κ2) is 8.19. The number of carbonyl (C=O) groups is 1. The number of nitrogens with one attached hydrogen (secondary N) is 3. The van der Waals surface area contributed by atoms with Crippen molar-refractivity contribution < 1.29 is 14.3 Å². The number of ether oxygens (including phenoxy) is 2. The van der Waals surface area contributed by atoms with Gasteiger partial charge in [0.15, 0.2) is 22.3 Å². The van der Waals surface area contributed by atoms with Gasteiger partial charge in [0, 0.05) is 28.9 Å². The fraction of sp³-hybridized carbons (Fsp3) is 0.111. The van der Waals surface area contributed by atoms with Crippen molar-refractivity contribution in [2.75, 3.05) is 17.4 Å². The minimum Gasteiger partial charge on any atom is -0.454 e. The predicted octanol–water partition coefficient (Wildman–Crippen LogP) is 3.01. The van der Waals surface area contributed by atoms with Crippen LogP contribution in [0.25, 0.3) is 0 Å². The Balaban J connectivity index is 1.30. The van der Waals surface area contributed by atoms with Gasteiger partial charge in [0.2, 0.25) is 6.79 Å². The van der Waals surface area contributed by atoms with E-state index in [1.54, 1.807) is 17.5 Å². The molecule has 0 unspecified atom stereocenters. The lowest BCUT2D eigenvalue weighted by atomic mass is 10.2. The molecule has 0 saturated carbocycles. The minimum atomic E-state index is -0.298. The van der Waals surface area contributed by atoms with Crippen LogP contribution >= 0.6 is 23.8 Å². The summed E-state index contributed by atoms with van der Waals surface area (Å²) >= 11 is 6.47. The number of aromatic nitrogens is 2. The normalized spacial score (nSPS) is 11.7. The first-order valence-corrected chi connectivity index (χ1v) is 9.54. The van der Waals surface area contributed by atoms with Crippen molar-refractivity contribution in [3.63, 3.8) is 0 Å². The van der Waals surface area contributed by atoms with E-state index < -0.39 is 0 Å². The summed E-state index contributed by atoms with van der Waals surface area (Å²) in [5, 5.41) is 14.8. The highest BCUT2D eigenvalue weighted by Gasteiger charge is 2.17. The Bertz CT molecular complexity index is 993. The Morgan fingerprint density at radius 1 is 1.11 bits per heavy atom. The molecule has 0 saturated heterocycles. The molecule has 2 heterocycles. The van der Waals surface area contributed by atoms with Gasteiger partial charge >= 0.3 is 0 Å². The Morgan fingerprint density at radius 2 is 1.89 bits per heavy atom. The van der Waals surface area contributed by atoms with E-state index in [1.165, 1.54) is 0 Å². The van der Waals surface area contributed by atoms with Crippen LogP contribution < -0.4 is 25.4 Å². The zero-order valence-corrected chi connectivity index (χ0v) is 16.1. The summed E-state index contributed by atoms with van der Waals surface area (Å²) in [6.45, 7) is 0.741. The number of fused-ring (bicyclic) bond motifs is 1. The molecule has 3 N–H and O–H groups in total. The molecule has 1 aliphatic rings. The summed E-state index contributed by atoms with van der Waals surface area (Å²) in [6, 6.07) is 12.9. The maximum absolute atomic E-state index is 12.0. The molecule has 1 aromatic heterocycles. The van der Waals surface area contributed by atoms with Gasteiger partial charge in [-0.1, -0.05) is 16.6 Å². The lowest BCUT2D eigenvalue weighted by Gasteiger charge is -2.12. The second-order valence-corrected chi connectivity index (χ2v) is 6.80. The monoisotopic (exact) mass is 413 g/mol. The van der Waals surface area contributed by atoms with Crippen molar-refractivity contribution in [3.05, 3.63) is 59.1 Å². The van der Waals surface area contributed by atoms with Crippen LogP contribution in [0.1, 0.15) is 16.1 Å². The van der Waals surface area contributed by atoms with E-state index in [-0.39, 0.29) is 12.7 Å². The van der Waals surface area contributed by atoms with Crippen LogP contribution in [0.5, 0.6) is 11.5 Å². The maximum atomic E-state index is 12.0. The van der Waals surface area contributed by atoms with Gasteiger partial charge in [-0.25, -0.2) is 0 Å². The Morgan fingerprint density at radius 3 is 2.64 bits per heavy atom. The Kier molecular flexibility index (Phi) is 5.31. The average Bonchev–Trinajstić information content (AvgIpc) is 3.40. The summed E-state index contributed by atoms with van der Waals surface area (Å²) in [5.74, 6) is 1.19. The van der Waals surface area contributed by atoms with Crippen molar-refractivity contribution in [1.82, 2.24) is 14.9 Å². The fourth-order valence-electron chi connectivity index (χ4n) is 2.58. The zero-order valence-electron chi connectivity index (χ0n) is 14.5. The van der Waals surface area contributed by atoms with Crippen molar-refractivity contribution in [3.8, 4) is 11.5 Å². The number of rotatable bonds is 5. The third-order valence-electron chi connectivity index (χ3n) is 3.91. The molecular weight excluding hydrogens is 398 g/mol. The van der Waals surface area contributed by atoms with E-state index in [1.807, 2.05) is 30.3 Å². The Labute approximate surface area is 170 Å². The summed E-state index contributed by atoms with van der Waals surface area (Å²) in [6.07, 6.45) is 0. The molecule has 0 bridgehead atoms. The van der Waals surface area contributed by atoms with Gasteiger partial charge in [0.1, 0.15) is 0 Å². The van der Waals surface area contributed by atoms with Crippen molar-refractivity contribution in [2.24, 2.45) is 0 Å². The first-order chi connectivity index (χ1) is 13.7. The molecular formula is C18H15N5O3S2. The van der Waals surface area contributed by atoms with E-state index in [9.17, 15) is 4.79 Å². The molecule has 2 aromatic carbocycles. The molecule has 10 heteroatoms. The van der Waals surface area contributed by atoms with Gasteiger partial charge in [0.05, 0.1) is 0 Å². The lowest BCUT2D eigenvalue weighted by Crippen LogP contribution is -2.28. The van der Waals surface area contributed by atoms with Gasteiger partial charge in [0.25, 0.3) is 5.91 Å². The van der Waals surface area contributed by atoms with Crippen LogP contribution in [0.4, 0.5) is 11.4 Å². The van der Waals surface area contributed by atoms with Crippen LogP contribution in [0.3, 0.4) is 0 Å².